The van der Waals surface area contributed by atoms with Gasteiger partial charge in [-0.1, -0.05) is 290 Å². The van der Waals surface area contributed by atoms with Crippen LogP contribution in [0.25, 0.3) is 0 Å². The molecule has 0 aliphatic heterocycles. The molecule has 0 amide bonds. The Bertz CT molecular complexity index is 1430. The number of aliphatic hydroxyl groups is 3. The smallest absolute Gasteiger partial charge is 0.331 e. The highest BCUT2D eigenvalue weighted by molar-refractivity contribution is 5.91. The van der Waals surface area contributed by atoms with Gasteiger partial charge in [-0.3, -0.25) is 14.4 Å². The van der Waals surface area contributed by atoms with Gasteiger partial charge in [0.25, 0.3) is 0 Å². The summed E-state index contributed by atoms with van der Waals surface area (Å²) in [6.07, 6.45) is 56.7. The van der Waals surface area contributed by atoms with Crippen molar-refractivity contribution in [3.05, 3.63) is 12.2 Å². The summed E-state index contributed by atoms with van der Waals surface area (Å²) in [5.74, 6) is -3.33. The van der Waals surface area contributed by atoms with Crippen molar-refractivity contribution >= 4 is 29.8 Å². The summed E-state index contributed by atoms with van der Waals surface area (Å²) >= 11 is 0. The molecule has 476 valence electrons. The van der Waals surface area contributed by atoms with Crippen molar-refractivity contribution in [1.29, 1.82) is 0 Å². The molecule has 0 radical (unpaired) electrons. The minimum absolute atomic E-state index is 0.194. The lowest BCUT2D eigenvalue weighted by Crippen LogP contribution is -2.42. The van der Waals surface area contributed by atoms with Gasteiger partial charge in [-0.2, -0.15) is 0 Å². The largest absolute Gasteiger partial charge is 0.465 e. The van der Waals surface area contributed by atoms with Crippen LogP contribution in [-0.2, 0) is 47.7 Å². The Morgan fingerprint density at radius 3 is 0.642 bits per heavy atom. The molecule has 0 aromatic rings. The minimum Gasteiger partial charge on any atom is -0.465 e. The fraction of sp³-hybridized carbons (Fsp3) is 0.897. The first-order valence-electron chi connectivity index (χ1n) is 33.9. The SMILES string of the molecule is CCCCCCCCCCCCCCCCCC(=O)OCC(CO)(CO)COC(=O)/C=C/C(=O)OCC(CO)(COC(=O)CCCCCCCCCCCCCCCCC)COC(=O)CCCCCCCCCCCCCCCCC. The molecule has 0 aromatic carbocycles. The highest BCUT2D eigenvalue weighted by atomic mass is 16.6. The molecule has 81 heavy (non-hydrogen) atoms. The average molecular weight is 1150 g/mol. The van der Waals surface area contributed by atoms with Gasteiger partial charge in [-0.25, -0.2) is 9.59 Å². The molecule has 0 aliphatic carbocycles. The van der Waals surface area contributed by atoms with Crippen LogP contribution in [0, 0.1) is 10.8 Å². The molecule has 0 fully saturated rings. The van der Waals surface area contributed by atoms with Crippen LogP contribution in [0.4, 0.5) is 0 Å². The molecule has 0 rings (SSSR count). The Kier molecular flexibility index (Phi) is 56.5. The van der Waals surface area contributed by atoms with E-state index in [0.717, 1.165) is 69.9 Å². The number of carbonyl (C=O) groups is 5. The van der Waals surface area contributed by atoms with Gasteiger partial charge in [0.05, 0.1) is 30.7 Å². The zero-order chi connectivity index (χ0) is 59.4. The second kappa shape index (κ2) is 58.7. The third kappa shape index (κ3) is 51.1. The third-order valence-corrected chi connectivity index (χ3v) is 16.0. The lowest BCUT2D eigenvalue weighted by atomic mass is 9.92. The van der Waals surface area contributed by atoms with Crippen LogP contribution in [0.15, 0.2) is 12.2 Å². The van der Waals surface area contributed by atoms with Crippen molar-refractivity contribution in [2.24, 2.45) is 10.8 Å². The zero-order valence-corrected chi connectivity index (χ0v) is 52.7. The van der Waals surface area contributed by atoms with E-state index in [1.807, 2.05) is 0 Å². The van der Waals surface area contributed by atoms with E-state index in [0.29, 0.717) is 19.3 Å². The fourth-order valence-electron chi connectivity index (χ4n) is 10.1. The number of esters is 5. The molecule has 3 N–H and O–H groups in total. The standard InChI is InChI=1S/C68H126O13/c1-4-7-10-13-16-19-22-25-28-31-34-37-40-43-46-49-62(72)77-57-67(54-69,55-70)58-78-65(75)52-53-66(76)81-61-68(56-71,59-79-63(73)50-47-44-41-38-35-32-29-26-23-20-17-14-11-8-5-2)60-80-64(74)51-48-45-42-39-36-33-30-27-24-21-18-15-12-9-6-3/h52-53,69-71H,4-51,54-61H2,1-3H3/b53-52+. The summed E-state index contributed by atoms with van der Waals surface area (Å²) in [6, 6.07) is 0. The van der Waals surface area contributed by atoms with E-state index in [2.05, 4.69) is 20.8 Å². The van der Waals surface area contributed by atoms with Gasteiger partial charge in [-0.05, 0) is 19.3 Å². The quantitative estimate of drug-likeness (QED) is 0.0226. The predicted octanol–water partition coefficient (Wildman–Crippen LogP) is 17.0. The van der Waals surface area contributed by atoms with Gasteiger partial charge in [0.1, 0.15) is 33.0 Å². The minimum atomic E-state index is -1.46. The Balaban J connectivity index is 4.96. The van der Waals surface area contributed by atoms with Crippen LogP contribution >= 0.6 is 0 Å². The summed E-state index contributed by atoms with van der Waals surface area (Å²) in [4.78, 5) is 64.0. The van der Waals surface area contributed by atoms with Gasteiger partial charge in [0.15, 0.2) is 0 Å². The van der Waals surface area contributed by atoms with Gasteiger partial charge >= 0.3 is 29.8 Å². The number of hydrogen-bond donors (Lipinski definition) is 3. The zero-order valence-electron chi connectivity index (χ0n) is 52.7. The Hall–Kier alpha value is -3.03. The second-order valence-electron chi connectivity index (χ2n) is 24.1. The van der Waals surface area contributed by atoms with Crippen molar-refractivity contribution in [3.63, 3.8) is 0 Å². The third-order valence-electron chi connectivity index (χ3n) is 16.0. The first-order valence-corrected chi connectivity index (χ1v) is 33.9. The van der Waals surface area contributed by atoms with Crippen LogP contribution in [0.5, 0.6) is 0 Å². The molecule has 13 heteroatoms. The van der Waals surface area contributed by atoms with Crippen LogP contribution in [-0.4, -0.2) is 98.0 Å². The first kappa shape index (κ1) is 78.0. The van der Waals surface area contributed by atoms with Crippen molar-refractivity contribution in [2.45, 2.75) is 329 Å². The molecule has 13 nitrogen and oxygen atoms in total. The summed E-state index contributed by atoms with van der Waals surface area (Å²) in [7, 11) is 0. The van der Waals surface area contributed by atoms with Crippen molar-refractivity contribution in [2.75, 3.05) is 52.9 Å². The Morgan fingerprint density at radius 1 is 0.259 bits per heavy atom. The van der Waals surface area contributed by atoms with Crippen molar-refractivity contribution < 1.29 is 63.0 Å². The van der Waals surface area contributed by atoms with Crippen LogP contribution in [0.1, 0.15) is 329 Å². The highest BCUT2D eigenvalue weighted by Gasteiger charge is 2.36. The summed E-state index contributed by atoms with van der Waals surface area (Å²) in [6.45, 7) is 2.79. The normalized spacial score (nSPS) is 11.8. The second-order valence-corrected chi connectivity index (χ2v) is 24.1. The van der Waals surface area contributed by atoms with Crippen LogP contribution < -0.4 is 0 Å². The summed E-state index contributed by atoms with van der Waals surface area (Å²) in [5.41, 5.74) is -2.91. The fourth-order valence-corrected chi connectivity index (χ4v) is 10.1. The van der Waals surface area contributed by atoms with E-state index in [1.165, 1.54) is 212 Å². The van der Waals surface area contributed by atoms with E-state index in [1.54, 1.807) is 0 Å². The highest BCUT2D eigenvalue weighted by Crippen LogP contribution is 2.23. The monoisotopic (exact) mass is 1150 g/mol. The molecule has 0 saturated carbocycles. The summed E-state index contributed by atoms with van der Waals surface area (Å²) in [5, 5.41) is 30.9. The Morgan fingerprint density at radius 2 is 0.432 bits per heavy atom. The summed E-state index contributed by atoms with van der Waals surface area (Å²) < 4.78 is 27.3. The molecule has 0 saturated heterocycles. The molecular formula is C68H126O13. The topological polar surface area (TPSA) is 192 Å². The van der Waals surface area contributed by atoms with E-state index >= 15 is 0 Å². The number of hydrogen-bond acceptors (Lipinski definition) is 13. The molecule has 0 aromatic heterocycles. The number of carbonyl (C=O) groups excluding carboxylic acids is 5. The average Bonchev–Trinajstić information content (AvgIpc) is 3.48. The lowest BCUT2D eigenvalue weighted by Gasteiger charge is -2.30. The molecular weight excluding hydrogens is 1020 g/mol. The van der Waals surface area contributed by atoms with Crippen LogP contribution in [0.3, 0.4) is 0 Å². The predicted molar refractivity (Wildman–Crippen MR) is 329 cm³/mol. The molecule has 0 heterocycles. The van der Waals surface area contributed by atoms with Crippen LogP contribution in [0.2, 0.25) is 0 Å². The van der Waals surface area contributed by atoms with Crippen molar-refractivity contribution in [3.8, 4) is 0 Å². The van der Waals surface area contributed by atoms with Gasteiger partial charge in [0.2, 0.25) is 0 Å². The van der Waals surface area contributed by atoms with E-state index < -0.39 is 73.7 Å². The van der Waals surface area contributed by atoms with E-state index in [9.17, 15) is 39.3 Å². The lowest BCUT2D eigenvalue weighted by molar-refractivity contribution is -0.164. The number of unbranched alkanes of at least 4 members (excludes halogenated alkanes) is 42. The maximum Gasteiger partial charge on any atom is 0.331 e. The molecule has 0 aliphatic rings. The van der Waals surface area contributed by atoms with E-state index in [-0.39, 0.29) is 39.1 Å². The Labute approximate surface area is 495 Å². The number of ether oxygens (including phenoxy) is 5. The molecule has 0 unspecified atom stereocenters. The molecule has 0 atom stereocenters. The van der Waals surface area contributed by atoms with Gasteiger partial charge < -0.3 is 39.0 Å². The van der Waals surface area contributed by atoms with E-state index in [4.69, 9.17) is 23.7 Å². The molecule has 0 bridgehead atoms. The maximum absolute atomic E-state index is 12.9. The maximum atomic E-state index is 12.9. The van der Waals surface area contributed by atoms with Gasteiger partial charge in [-0.15, -0.1) is 0 Å². The first-order chi connectivity index (χ1) is 39.5. The van der Waals surface area contributed by atoms with Crippen molar-refractivity contribution in [1.82, 2.24) is 0 Å². The number of rotatable bonds is 63. The molecule has 0 spiro atoms. The van der Waals surface area contributed by atoms with Gasteiger partial charge in [0, 0.05) is 31.4 Å². The number of aliphatic hydroxyl groups excluding tert-OH is 3.